The normalized spacial score (nSPS) is 13.4. The third kappa shape index (κ3) is 33.8. The molecule has 0 aromatic heterocycles. The van der Waals surface area contributed by atoms with E-state index in [0.717, 1.165) is 0 Å². The Hall–Kier alpha value is -2.36. The predicted molar refractivity (Wildman–Crippen MR) is 138 cm³/mol. The van der Waals surface area contributed by atoms with E-state index in [-0.39, 0.29) is 0 Å². The van der Waals surface area contributed by atoms with Crippen LogP contribution in [0.2, 0.25) is 0 Å². The minimum atomic E-state index is -0.955. The van der Waals surface area contributed by atoms with Gasteiger partial charge in [-0.3, -0.25) is 19.2 Å². The molecule has 0 aliphatic rings. The van der Waals surface area contributed by atoms with Crippen LogP contribution in [0, 0.1) is 11.8 Å². The van der Waals surface area contributed by atoms with E-state index in [9.17, 15) is 19.2 Å². The zero-order valence-corrected chi connectivity index (χ0v) is 22.0. The van der Waals surface area contributed by atoms with Crippen molar-refractivity contribution in [1.82, 2.24) is 0 Å². The Morgan fingerprint density at radius 3 is 0.861 bits per heavy atom. The Labute approximate surface area is 213 Å². The van der Waals surface area contributed by atoms with Crippen molar-refractivity contribution in [3.05, 3.63) is 0 Å². The summed E-state index contributed by atoms with van der Waals surface area (Å²) < 4.78 is 0. The van der Waals surface area contributed by atoms with Gasteiger partial charge >= 0.3 is 23.9 Å². The van der Waals surface area contributed by atoms with Gasteiger partial charge in [0.15, 0.2) is 0 Å². The van der Waals surface area contributed by atoms with Gasteiger partial charge in [0.25, 0.3) is 0 Å². The van der Waals surface area contributed by atoms with E-state index >= 15 is 0 Å². The Morgan fingerprint density at radius 2 is 0.750 bits per heavy atom. The van der Waals surface area contributed by atoms with Crippen LogP contribution in [0.4, 0.5) is 0 Å². The molecule has 0 amide bonds. The third-order valence-corrected chi connectivity index (χ3v) is 4.16. The molecule has 14 heteroatoms. The predicted octanol–water partition coefficient (Wildman–Crippen LogP) is -0.837. The summed E-state index contributed by atoms with van der Waals surface area (Å²) >= 11 is 0. The van der Waals surface area contributed by atoms with Gasteiger partial charge < -0.3 is 54.8 Å². The lowest BCUT2D eigenvalue weighted by molar-refractivity contribution is -0.139. The Bertz CT molecular complexity index is 543. The minimum absolute atomic E-state index is 0.357. The highest BCUT2D eigenvalue weighted by atomic mass is 16.4. The van der Waals surface area contributed by atoms with Gasteiger partial charge in [0.2, 0.25) is 0 Å². The number of nitrogens with two attached hydrogens (primary N) is 6. The van der Waals surface area contributed by atoms with Crippen LogP contribution in [0.15, 0.2) is 0 Å². The molecule has 0 aliphatic heterocycles. The van der Waals surface area contributed by atoms with E-state index in [1.54, 1.807) is 0 Å². The van der Waals surface area contributed by atoms with Crippen LogP contribution in [-0.4, -0.2) is 81.6 Å². The minimum Gasteiger partial charge on any atom is -0.480 e. The lowest BCUT2D eigenvalue weighted by Crippen LogP contribution is -2.31. The number of carboxylic acid groups (broad SMARTS) is 4. The molecule has 36 heavy (non-hydrogen) atoms. The SMILES string of the molecule is CC(C)C[C@H](N)C(=O)O.CC(C)C[C@H](N)C(=O)O.NCCC[C@H](N)C(=O)O.NCCC[C@H](N)C(=O)O. The molecular weight excluding hydrogens is 476 g/mol. The fourth-order valence-corrected chi connectivity index (χ4v) is 2.14. The van der Waals surface area contributed by atoms with E-state index in [4.69, 9.17) is 54.8 Å². The maximum absolute atomic E-state index is 10.1. The highest BCUT2D eigenvalue weighted by molar-refractivity contribution is 5.74. The number of rotatable bonds is 14. The van der Waals surface area contributed by atoms with E-state index in [1.165, 1.54) is 0 Å². The molecule has 0 heterocycles. The smallest absolute Gasteiger partial charge is 0.320 e. The van der Waals surface area contributed by atoms with Gasteiger partial charge in [0.1, 0.15) is 24.2 Å². The number of hydrogen-bond donors (Lipinski definition) is 10. The molecular formula is C22H50N6O8. The van der Waals surface area contributed by atoms with Crippen LogP contribution in [0.1, 0.15) is 66.2 Å². The molecule has 216 valence electrons. The number of carboxylic acids is 4. The second kappa shape index (κ2) is 25.7. The molecule has 0 radical (unpaired) electrons. The van der Waals surface area contributed by atoms with Gasteiger partial charge in [-0.1, -0.05) is 27.7 Å². The highest BCUT2D eigenvalue weighted by Gasteiger charge is 2.13. The monoisotopic (exact) mass is 526 g/mol. The molecule has 0 fully saturated rings. The fraction of sp³-hybridized carbons (Fsp3) is 0.818. The van der Waals surface area contributed by atoms with E-state index in [2.05, 4.69) is 0 Å². The van der Waals surface area contributed by atoms with Crippen LogP contribution < -0.4 is 34.4 Å². The number of carbonyl (C=O) groups is 4. The van der Waals surface area contributed by atoms with Gasteiger partial charge in [-0.05, 0) is 63.5 Å². The second-order valence-corrected chi connectivity index (χ2v) is 8.90. The first-order valence-electron chi connectivity index (χ1n) is 11.8. The summed E-state index contributed by atoms with van der Waals surface area (Å²) in [5, 5.41) is 33.1. The van der Waals surface area contributed by atoms with Crippen LogP contribution in [-0.2, 0) is 19.2 Å². The summed E-state index contributed by atoms with van der Waals surface area (Å²) in [6, 6.07) is -2.86. The van der Waals surface area contributed by atoms with Crippen molar-refractivity contribution in [2.75, 3.05) is 13.1 Å². The summed E-state index contributed by atoms with van der Waals surface area (Å²) in [5.74, 6) is -3.02. The van der Waals surface area contributed by atoms with Crippen molar-refractivity contribution in [2.45, 2.75) is 90.4 Å². The summed E-state index contributed by atoms with van der Waals surface area (Å²) in [4.78, 5) is 40.3. The van der Waals surface area contributed by atoms with Crippen molar-refractivity contribution < 1.29 is 39.6 Å². The Kier molecular flexibility index (Phi) is 29.2. The topological polar surface area (TPSA) is 305 Å². The molecule has 0 saturated carbocycles. The van der Waals surface area contributed by atoms with E-state index < -0.39 is 48.0 Å². The van der Waals surface area contributed by atoms with Gasteiger partial charge in [0, 0.05) is 0 Å². The summed E-state index contributed by atoms with van der Waals surface area (Å²) in [7, 11) is 0. The average molecular weight is 527 g/mol. The summed E-state index contributed by atoms with van der Waals surface area (Å²) in [6.45, 7) is 8.79. The van der Waals surface area contributed by atoms with E-state index in [1.807, 2.05) is 27.7 Å². The molecule has 4 atom stereocenters. The zero-order valence-electron chi connectivity index (χ0n) is 22.0. The molecule has 0 bridgehead atoms. The van der Waals surface area contributed by atoms with Crippen molar-refractivity contribution in [3.63, 3.8) is 0 Å². The highest BCUT2D eigenvalue weighted by Crippen LogP contribution is 2.02. The lowest BCUT2D eigenvalue weighted by Gasteiger charge is -2.07. The summed E-state index contributed by atoms with van der Waals surface area (Å²) in [6.07, 6.45) is 3.38. The largest absolute Gasteiger partial charge is 0.480 e. The van der Waals surface area contributed by atoms with Crippen LogP contribution in [0.5, 0.6) is 0 Å². The molecule has 0 saturated heterocycles. The second-order valence-electron chi connectivity index (χ2n) is 8.90. The van der Waals surface area contributed by atoms with Gasteiger partial charge in [-0.2, -0.15) is 0 Å². The van der Waals surface area contributed by atoms with Crippen molar-refractivity contribution in [3.8, 4) is 0 Å². The molecule has 16 N–H and O–H groups in total. The standard InChI is InChI=1S/2C6H13NO2.2C5H12N2O2/c2*1-4(2)3-5(7)6(8)9;2*6-3-1-2-4(7)5(8)9/h2*4-5H,3,7H2,1-2H3,(H,8,9);2*4H,1-3,6-7H2,(H,8,9)/t2*5-;2*4-/m0000/s1. The maximum atomic E-state index is 10.1. The molecule has 0 aromatic carbocycles. The van der Waals surface area contributed by atoms with Crippen LogP contribution >= 0.6 is 0 Å². The Morgan fingerprint density at radius 1 is 0.528 bits per heavy atom. The number of hydrogen-bond acceptors (Lipinski definition) is 10. The quantitative estimate of drug-likeness (QED) is 0.132. The van der Waals surface area contributed by atoms with Crippen molar-refractivity contribution >= 4 is 23.9 Å². The molecule has 0 aliphatic carbocycles. The first kappa shape index (κ1) is 40.8. The maximum Gasteiger partial charge on any atom is 0.320 e. The van der Waals surface area contributed by atoms with Gasteiger partial charge in [0.05, 0.1) is 0 Å². The number of aliphatic carboxylic acids is 4. The van der Waals surface area contributed by atoms with Crippen molar-refractivity contribution in [2.24, 2.45) is 46.2 Å². The average Bonchev–Trinajstić information content (AvgIpc) is 2.75. The molecule has 14 nitrogen and oxygen atoms in total. The Balaban J connectivity index is -0.000000190. The van der Waals surface area contributed by atoms with Gasteiger partial charge in [-0.25, -0.2) is 0 Å². The van der Waals surface area contributed by atoms with E-state index in [0.29, 0.717) is 63.5 Å². The fourth-order valence-electron chi connectivity index (χ4n) is 2.14. The summed E-state index contributed by atoms with van der Waals surface area (Å²) in [5.41, 5.74) is 31.0. The van der Waals surface area contributed by atoms with Crippen molar-refractivity contribution in [1.29, 1.82) is 0 Å². The molecule has 0 spiro atoms. The molecule has 0 aromatic rings. The first-order valence-corrected chi connectivity index (χ1v) is 11.8. The zero-order chi connectivity index (χ0) is 29.4. The molecule has 0 unspecified atom stereocenters. The van der Waals surface area contributed by atoms with Gasteiger partial charge in [-0.15, -0.1) is 0 Å². The lowest BCUT2D eigenvalue weighted by atomic mass is 10.1. The van der Waals surface area contributed by atoms with Crippen LogP contribution in [0.3, 0.4) is 0 Å². The first-order chi connectivity index (χ1) is 16.4. The molecule has 0 rings (SSSR count). The third-order valence-electron chi connectivity index (χ3n) is 4.16. The van der Waals surface area contributed by atoms with Crippen LogP contribution in [0.25, 0.3) is 0 Å².